The van der Waals surface area contributed by atoms with E-state index in [1.165, 1.54) is 68.1 Å². The summed E-state index contributed by atoms with van der Waals surface area (Å²) in [5.74, 6) is 1.33. The van der Waals surface area contributed by atoms with E-state index in [1.807, 2.05) is 27.7 Å². The predicted octanol–water partition coefficient (Wildman–Crippen LogP) is 10.1. The molecule has 5 nitrogen and oxygen atoms in total. The summed E-state index contributed by atoms with van der Waals surface area (Å²) in [4.78, 5) is 26.2. The fourth-order valence-corrected chi connectivity index (χ4v) is 13.9. The van der Waals surface area contributed by atoms with Crippen LogP contribution in [0.15, 0.2) is 35.5 Å². The van der Waals surface area contributed by atoms with Crippen LogP contribution < -0.4 is 5.73 Å². The van der Waals surface area contributed by atoms with E-state index in [0.29, 0.717) is 46.8 Å². The Morgan fingerprint density at radius 2 is 1.47 bits per heavy atom. The Bertz CT molecular complexity index is 1420. The summed E-state index contributed by atoms with van der Waals surface area (Å²) in [7, 11) is 0. The molecule has 0 aliphatic heterocycles. The molecule has 0 aromatic carbocycles. The van der Waals surface area contributed by atoms with Crippen LogP contribution in [0.1, 0.15) is 147 Å². The topological polar surface area (TPSA) is 78.6 Å². The number of carbonyl (C=O) groups is 2. The molecule has 2 N–H and O–H groups in total. The van der Waals surface area contributed by atoms with Crippen LogP contribution in [0.5, 0.6) is 0 Å². The van der Waals surface area contributed by atoms with Crippen LogP contribution in [-0.4, -0.2) is 29.7 Å². The molecule has 49 heavy (non-hydrogen) atoms. The molecule has 0 bridgehead atoms. The first kappa shape index (κ1) is 36.9. The van der Waals surface area contributed by atoms with E-state index in [1.54, 1.807) is 0 Å². The van der Waals surface area contributed by atoms with E-state index in [-0.39, 0.29) is 34.0 Å². The first-order chi connectivity index (χ1) is 22.6. The maximum Gasteiger partial charge on any atom is 0.320 e. The third-order valence-electron chi connectivity index (χ3n) is 16.1. The Hall–Kier alpha value is -1.88. The van der Waals surface area contributed by atoms with Gasteiger partial charge in [-0.2, -0.15) is 0 Å². The Balaban J connectivity index is 1.25. The van der Waals surface area contributed by atoms with Crippen LogP contribution in [0.2, 0.25) is 0 Å². The fourth-order valence-electron chi connectivity index (χ4n) is 13.9. The standard InChI is InChI=1S/C44H69NO4/c1-26(2)30-15-20-44(45)22-21-42(11)33(36(30)44)13-14-35-41(10)18-16-32(39(7,8)34(41)17-19-43(35,42)12)29-23-40(9,24-29)25-31(37(46)48-27(3)4)38(47)49-28(5)6/h16,23,27-28,30-31,33-36H,1,13-15,17-22,24-25,45H2,2-12H3. The summed E-state index contributed by atoms with van der Waals surface area (Å²) in [6, 6.07) is 0. The Kier molecular flexibility index (Phi) is 9.10. The second-order valence-electron chi connectivity index (χ2n) is 20.2. The van der Waals surface area contributed by atoms with Crippen LogP contribution in [0.4, 0.5) is 0 Å². The molecule has 0 heterocycles. The lowest BCUT2D eigenvalue weighted by molar-refractivity contribution is -0.219. The van der Waals surface area contributed by atoms with Crippen LogP contribution >= 0.6 is 0 Å². The minimum atomic E-state index is -0.907. The van der Waals surface area contributed by atoms with Crippen molar-refractivity contribution in [2.75, 3.05) is 0 Å². The van der Waals surface area contributed by atoms with Crippen LogP contribution in [0.25, 0.3) is 0 Å². The van der Waals surface area contributed by atoms with Crippen molar-refractivity contribution < 1.29 is 19.1 Å². The lowest BCUT2D eigenvalue weighted by Gasteiger charge is -2.72. The van der Waals surface area contributed by atoms with Crippen molar-refractivity contribution in [2.45, 2.75) is 165 Å². The van der Waals surface area contributed by atoms with E-state index in [0.717, 1.165) is 12.8 Å². The van der Waals surface area contributed by atoms with Gasteiger partial charge in [-0.05, 0) is 173 Å². The van der Waals surface area contributed by atoms with Gasteiger partial charge in [0, 0.05) is 5.54 Å². The normalized spacial score (nSPS) is 43.8. The summed E-state index contributed by atoms with van der Waals surface area (Å²) in [6.45, 7) is 29.3. The second-order valence-corrected chi connectivity index (χ2v) is 20.2. The number of ether oxygens (including phenoxy) is 2. The zero-order valence-corrected chi connectivity index (χ0v) is 33.0. The summed E-state index contributed by atoms with van der Waals surface area (Å²) in [5, 5.41) is 0. The molecule has 6 rings (SSSR count). The SMILES string of the molecule is C=C(C)C1CCC2(N)CCC3(C)C(CCC4C5(C)CC=C(C6=CC(C)(CC(C(=O)OC(C)C)C(=O)OC(C)C)C6)C(C)(C)C5CCC43C)C12. The highest BCUT2D eigenvalue weighted by Gasteiger charge is 2.70. The van der Waals surface area contributed by atoms with Gasteiger partial charge in [0.05, 0.1) is 12.2 Å². The smallest absolute Gasteiger partial charge is 0.320 e. The Morgan fingerprint density at radius 3 is 2.04 bits per heavy atom. The molecule has 0 radical (unpaired) electrons. The average Bonchev–Trinajstić information content (AvgIpc) is 3.32. The molecule has 6 aliphatic carbocycles. The lowest BCUT2D eigenvalue weighted by atomic mass is 9.32. The molecule has 4 fully saturated rings. The number of allylic oxidation sites excluding steroid dienone is 5. The largest absolute Gasteiger partial charge is 0.462 e. The van der Waals surface area contributed by atoms with Crippen molar-refractivity contribution in [3.05, 3.63) is 35.5 Å². The molecule has 0 saturated heterocycles. The predicted molar refractivity (Wildman–Crippen MR) is 198 cm³/mol. The maximum absolute atomic E-state index is 13.1. The van der Waals surface area contributed by atoms with Gasteiger partial charge >= 0.3 is 11.9 Å². The molecule has 4 saturated carbocycles. The third-order valence-corrected chi connectivity index (χ3v) is 16.1. The van der Waals surface area contributed by atoms with Crippen molar-refractivity contribution in [1.29, 1.82) is 0 Å². The van der Waals surface area contributed by atoms with Gasteiger partial charge in [0.25, 0.3) is 0 Å². The molecule has 274 valence electrons. The van der Waals surface area contributed by atoms with Gasteiger partial charge < -0.3 is 15.2 Å². The lowest BCUT2D eigenvalue weighted by Crippen LogP contribution is -2.67. The van der Waals surface area contributed by atoms with Crippen molar-refractivity contribution >= 4 is 11.9 Å². The molecular weight excluding hydrogens is 606 g/mol. The molecule has 0 aromatic rings. The zero-order chi connectivity index (χ0) is 36.1. The molecule has 0 amide bonds. The van der Waals surface area contributed by atoms with E-state index < -0.39 is 17.9 Å². The molecular formula is C44H69NO4. The quantitative estimate of drug-likeness (QED) is 0.157. The van der Waals surface area contributed by atoms with Crippen molar-refractivity contribution in [1.82, 2.24) is 0 Å². The third kappa shape index (κ3) is 5.64. The summed E-state index contributed by atoms with van der Waals surface area (Å²) in [5.41, 5.74) is 12.3. The summed E-state index contributed by atoms with van der Waals surface area (Å²) < 4.78 is 11.1. The van der Waals surface area contributed by atoms with Gasteiger partial charge in [0.15, 0.2) is 5.92 Å². The minimum absolute atomic E-state index is 0.00293. The Morgan fingerprint density at radius 1 is 0.857 bits per heavy atom. The fraction of sp³-hybridized carbons (Fsp3) is 0.818. The van der Waals surface area contributed by atoms with Gasteiger partial charge in [0.2, 0.25) is 0 Å². The number of fused-ring (bicyclic) bond motifs is 7. The first-order valence-corrected chi connectivity index (χ1v) is 19.9. The average molecular weight is 676 g/mol. The number of hydrogen-bond donors (Lipinski definition) is 1. The number of hydrogen-bond acceptors (Lipinski definition) is 5. The van der Waals surface area contributed by atoms with Crippen molar-refractivity contribution in [2.24, 2.45) is 68.3 Å². The molecule has 5 heteroatoms. The van der Waals surface area contributed by atoms with E-state index >= 15 is 0 Å². The first-order valence-electron chi connectivity index (χ1n) is 19.9. The van der Waals surface area contributed by atoms with Gasteiger partial charge in [-0.15, -0.1) is 0 Å². The number of esters is 2. The minimum Gasteiger partial charge on any atom is -0.462 e. The van der Waals surface area contributed by atoms with E-state index in [4.69, 9.17) is 15.2 Å². The molecule has 0 aromatic heterocycles. The molecule has 6 aliphatic rings. The highest BCUT2D eigenvalue weighted by Crippen LogP contribution is 2.76. The van der Waals surface area contributed by atoms with Gasteiger partial charge in [-0.1, -0.05) is 65.8 Å². The van der Waals surface area contributed by atoms with Gasteiger partial charge in [-0.25, -0.2) is 0 Å². The van der Waals surface area contributed by atoms with Gasteiger partial charge in [0.1, 0.15) is 0 Å². The monoisotopic (exact) mass is 676 g/mol. The van der Waals surface area contributed by atoms with Crippen LogP contribution in [-0.2, 0) is 19.1 Å². The van der Waals surface area contributed by atoms with Crippen molar-refractivity contribution in [3.63, 3.8) is 0 Å². The number of rotatable bonds is 8. The van der Waals surface area contributed by atoms with Crippen LogP contribution in [0, 0.1) is 62.6 Å². The van der Waals surface area contributed by atoms with Crippen LogP contribution in [0.3, 0.4) is 0 Å². The molecule has 10 unspecified atom stereocenters. The van der Waals surface area contributed by atoms with Crippen molar-refractivity contribution in [3.8, 4) is 0 Å². The number of carbonyl (C=O) groups excluding carboxylic acids is 2. The van der Waals surface area contributed by atoms with E-state index in [2.05, 4.69) is 67.2 Å². The number of nitrogens with two attached hydrogens (primary N) is 1. The summed E-state index contributed by atoms with van der Waals surface area (Å²) >= 11 is 0. The van der Waals surface area contributed by atoms with E-state index in [9.17, 15) is 9.59 Å². The van der Waals surface area contributed by atoms with Gasteiger partial charge in [-0.3, -0.25) is 9.59 Å². The maximum atomic E-state index is 13.1. The highest BCUT2D eigenvalue weighted by atomic mass is 16.6. The zero-order valence-electron chi connectivity index (χ0n) is 33.0. The molecule has 10 atom stereocenters. The molecule has 0 spiro atoms. The highest BCUT2D eigenvalue weighted by molar-refractivity contribution is 5.95. The summed E-state index contributed by atoms with van der Waals surface area (Å²) in [6.07, 6.45) is 16.9. The Labute approximate surface area is 298 Å². The second kappa shape index (κ2) is 12.1.